The fourth-order valence-electron chi connectivity index (χ4n) is 3.74. The lowest BCUT2D eigenvalue weighted by Gasteiger charge is -2.21. The first-order chi connectivity index (χ1) is 12.2. The zero-order chi connectivity index (χ0) is 17.6. The first-order valence-corrected chi connectivity index (χ1v) is 9.36. The minimum atomic E-state index is 0.329. The summed E-state index contributed by atoms with van der Waals surface area (Å²) in [5.41, 5.74) is 11.8. The second kappa shape index (κ2) is 8.39. The summed E-state index contributed by atoms with van der Waals surface area (Å²) in [6.07, 6.45) is 5.97. The Morgan fingerprint density at radius 3 is 2.52 bits per heavy atom. The molecule has 0 amide bonds. The molecule has 2 aromatic rings. The third-order valence-electron chi connectivity index (χ3n) is 5.14. The van der Waals surface area contributed by atoms with Gasteiger partial charge in [-0.2, -0.15) is 0 Å². The first kappa shape index (κ1) is 17.8. The quantitative estimate of drug-likeness (QED) is 0.820. The van der Waals surface area contributed by atoms with Crippen molar-refractivity contribution in [1.82, 2.24) is 0 Å². The summed E-state index contributed by atoms with van der Waals surface area (Å²) in [4.78, 5) is 0. The maximum Gasteiger partial charge on any atom is 0.161 e. The second-order valence-electron chi connectivity index (χ2n) is 6.79. The van der Waals surface area contributed by atoms with Gasteiger partial charge in [0.05, 0.1) is 13.7 Å². The van der Waals surface area contributed by atoms with Gasteiger partial charge in [-0.25, -0.2) is 0 Å². The number of nitrogens with two attached hydrogens (primary N) is 1. The van der Waals surface area contributed by atoms with Crippen molar-refractivity contribution in [3.05, 3.63) is 58.7 Å². The molecular weight excluding hydrogens is 310 g/mol. The van der Waals surface area contributed by atoms with Gasteiger partial charge in [-0.05, 0) is 80.0 Å². The molecule has 134 valence electrons. The number of fused-ring (bicyclic) bond motifs is 1. The Kier molecular flexibility index (Phi) is 5.98. The molecule has 2 N–H and O–H groups in total. The third kappa shape index (κ3) is 4.16. The van der Waals surface area contributed by atoms with E-state index in [-0.39, 0.29) is 0 Å². The van der Waals surface area contributed by atoms with Gasteiger partial charge in [0.25, 0.3) is 0 Å². The van der Waals surface area contributed by atoms with Crippen molar-refractivity contribution in [1.29, 1.82) is 0 Å². The van der Waals surface area contributed by atoms with Crippen molar-refractivity contribution in [2.45, 2.75) is 44.9 Å². The first-order valence-electron chi connectivity index (χ1n) is 9.36. The van der Waals surface area contributed by atoms with E-state index in [0.29, 0.717) is 19.1 Å². The normalized spacial score (nSPS) is 14.7. The molecule has 1 aliphatic rings. The summed E-state index contributed by atoms with van der Waals surface area (Å²) in [6, 6.07) is 13.2. The van der Waals surface area contributed by atoms with E-state index in [0.717, 1.165) is 17.9 Å². The van der Waals surface area contributed by atoms with E-state index < -0.39 is 0 Å². The Bertz CT molecular complexity index is 711. The monoisotopic (exact) mass is 339 g/mol. The van der Waals surface area contributed by atoms with Crippen molar-refractivity contribution < 1.29 is 9.47 Å². The molecule has 25 heavy (non-hydrogen) atoms. The molecule has 0 saturated heterocycles. The van der Waals surface area contributed by atoms with Crippen LogP contribution in [0.25, 0.3) is 0 Å². The van der Waals surface area contributed by atoms with Gasteiger partial charge < -0.3 is 15.2 Å². The standard InChI is InChI=1S/C22H29NO2/c1-3-25-21-11-8-16(13-22(21)24-2)12-20(15-23)19-10-9-17-6-4-5-7-18(17)14-19/h8-11,13-14,20H,3-7,12,15,23H2,1-2H3. The summed E-state index contributed by atoms with van der Waals surface area (Å²) < 4.78 is 11.1. The summed E-state index contributed by atoms with van der Waals surface area (Å²) in [5.74, 6) is 1.92. The molecule has 1 unspecified atom stereocenters. The Morgan fingerprint density at radius 1 is 1.00 bits per heavy atom. The van der Waals surface area contributed by atoms with Crippen LogP contribution in [0, 0.1) is 0 Å². The predicted molar refractivity (Wildman–Crippen MR) is 103 cm³/mol. The molecular formula is C22H29NO2. The molecule has 3 nitrogen and oxygen atoms in total. The molecule has 1 aliphatic carbocycles. The molecule has 1 atom stereocenters. The Balaban J connectivity index is 1.80. The molecule has 2 aromatic carbocycles. The zero-order valence-electron chi connectivity index (χ0n) is 15.4. The third-order valence-corrected chi connectivity index (χ3v) is 5.14. The van der Waals surface area contributed by atoms with Crippen LogP contribution in [-0.2, 0) is 19.3 Å². The topological polar surface area (TPSA) is 44.5 Å². The smallest absolute Gasteiger partial charge is 0.161 e. The summed E-state index contributed by atoms with van der Waals surface area (Å²) in [6.45, 7) is 3.26. The fraction of sp³-hybridized carbons (Fsp3) is 0.455. The van der Waals surface area contributed by atoms with Crippen LogP contribution in [0.15, 0.2) is 36.4 Å². The molecule has 0 aromatic heterocycles. The number of rotatable bonds is 7. The minimum Gasteiger partial charge on any atom is -0.493 e. The van der Waals surface area contributed by atoms with Gasteiger partial charge in [0.15, 0.2) is 11.5 Å². The molecule has 0 heterocycles. The lowest BCUT2D eigenvalue weighted by Crippen LogP contribution is -2.16. The number of methoxy groups -OCH3 is 1. The Morgan fingerprint density at radius 2 is 1.80 bits per heavy atom. The number of hydrogen-bond donors (Lipinski definition) is 1. The van der Waals surface area contributed by atoms with E-state index in [2.05, 4.69) is 30.3 Å². The van der Waals surface area contributed by atoms with Crippen LogP contribution >= 0.6 is 0 Å². The lowest BCUT2D eigenvalue weighted by molar-refractivity contribution is 0.310. The second-order valence-corrected chi connectivity index (χ2v) is 6.79. The van der Waals surface area contributed by atoms with Crippen molar-refractivity contribution in [3.63, 3.8) is 0 Å². The number of ether oxygens (including phenoxy) is 2. The highest BCUT2D eigenvalue weighted by atomic mass is 16.5. The molecule has 3 heteroatoms. The van der Waals surface area contributed by atoms with Crippen molar-refractivity contribution in [2.75, 3.05) is 20.3 Å². The van der Waals surface area contributed by atoms with E-state index in [1.807, 2.05) is 13.0 Å². The average Bonchev–Trinajstić information content (AvgIpc) is 2.66. The van der Waals surface area contributed by atoms with Crippen LogP contribution in [-0.4, -0.2) is 20.3 Å². The van der Waals surface area contributed by atoms with Gasteiger partial charge in [0, 0.05) is 5.92 Å². The van der Waals surface area contributed by atoms with Gasteiger partial charge in [0.2, 0.25) is 0 Å². The fourth-order valence-corrected chi connectivity index (χ4v) is 3.74. The highest BCUT2D eigenvalue weighted by Crippen LogP contribution is 2.31. The summed E-state index contributed by atoms with van der Waals surface area (Å²) in [5, 5.41) is 0. The van der Waals surface area contributed by atoms with Crippen molar-refractivity contribution in [3.8, 4) is 11.5 Å². The van der Waals surface area contributed by atoms with Gasteiger partial charge in [-0.3, -0.25) is 0 Å². The van der Waals surface area contributed by atoms with Crippen LogP contribution in [0.1, 0.15) is 47.9 Å². The van der Waals surface area contributed by atoms with Crippen LogP contribution in [0.2, 0.25) is 0 Å². The van der Waals surface area contributed by atoms with Gasteiger partial charge in [-0.1, -0.05) is 24.3 Å². The molecule has 0 radical (unpaired) electrons. The molecule has 0 bridgehead atoms. The highest BCUT2D eigenvalue weighted by molar-refractivity contribution is 5.44. The molecule has 0 aliphatic heterocycles. The van der Waals surface area contributed by atoms with Crippen LogP contribution in [0.5, 0.6) is 11.5 Å². The van der Waals surface area contributed by atoms with E-state index in [9.17, 15) is 0 Å². The van der Waals surface area contributed by atoms with Crippen LogP contribution in [0.4, 0.5) is 0 Å². The lowest BCUT2D eigenvalue weighted by atomic mass is 9.85. The van der Waals surface area contributed by atoms with Gasteiger partial charge in [0.1, 0.15) is 0 Å². The van der Waals surface area contributed by atoms with Crippen LogP contribution in [0.3, 0.4) is 0 Å². The minimum absolute atomic E-state index is 0.329. The Labute approximate surface area is 151 Å². The zero-order valence-corrected chi connectivity index (χ0v) is 15.4. The van der Waals surface area contributed by atoms with Crippen molar-refractivity contribution in [2.24, 2.45) is 5.73 Å². The predicted octanol–water partition coefficient (Wildman–Crippen LogP) is 4.26. The van der Waals surface area contributed by atoms with Crippen molar-refractivity contribution >= 4 is 0 Å². The molecule has 3 rings (SSSR count). The number of benzene rings is 2. The Hall–Kier alpha value is -2.00. The van der Waals surface area contributed by atoms with Gasteiger partial charge in [-0.15, -0.1) is 0 Å². The maximum atomic E-state index is 6.12. The average molecular weight is 339 g/mol. The van der Waals surface area contributed by atoms with E-state index >= 15 is 0 Å². The molecule has 0 spiro atoms. The van der Waals surface area contributed by atoms with Crippen LogP contribution < -0.4 is 15.2 Å². The summed E-state index contributed by atoms with van der Waals surface area (Å²) in [7, 11) is 1.69. The molecule has 0 fully saturated rings. The SMILES string of the molecule is CCOc1ccc(CC(CN)c2ccc3c(c2)CCCC3)cc1OC. The number of aryl methyl sites for hydroxylation is 2. The largest absolute Gasteiger partial charge is 0.493 e. The number of hydrogen-bond acceptors (Lipinski definition) is 3. The van der Waals surface area contributed by atoms with E-state index in [4.69, 9.17) is 15.2 Å². The highest BCUT2D eigenvalue weighted by Gasteiger charge is 2.16. The van der Waals surface area contributed by atoms with Gasteiger partial charge >= 0.3 is 0 Å². The molecule has 0 saturated carbocycles. The maximum absolute atomic E-state index is 6.12. The van der Waals surface area contributed by atoms with E-state index in [1.165, 1.54) is 47.9 Å². The van der Waals surface area contributed by atoms with E-state index in [1.54, 1.807) is 7.11 Å². The summed E-state index contributed by atoms with van der Waals surface area (Å²) >= 11 is 0.